The highest BCUT2D eigenvalue weighted by Gasteiger charge is 2.27. The number of nitrogens with zero attached hydrogens (tertiary/aromatic N) is 2. The fourth-order valence-corrected chi connectivity index (χ4v) is 4.50. The molecular formula is C17H17ClN2O3S. The third-order valence-corrected chi connectivity index (χ3v) is 5.94. The van der Waals surface area contributed by atoms with Gasteiger partial charge in [-0.2, -0.15) is 0 Å². The number of benzene rings is 2. The summed E-state index contributed by atoms with van der Waals surface area (Å²) in [5, 5.41) is 0.374. The quantitative estimate of drug-likeness (QED) is 0.703. The maximum absolute atomic E-state index is 13.3. The average Bonchev–Trinajstić information content (AvgIpc) is 2.87. The monoisotopic (exact) mass is 364 g/mol. The predicted molar refractivity (Wildman–Crippen MR) is 94.4 cm³/mol. The molecule has 2 aromatic carbocycles. The van der Waals surface area contributed by atoms with E-state index >= 15 is 0 Å². The molecule has 126 valence electrons. The van der Waals surface area contributed by atoms with Gasteiger partial charge in [0, 0.05) is 5.02 Å². The first-order valence-corrected chi connectivity index (χ1v) is 9.30. The van der Waals surface area contributed by atoms with Crippen LogP contribution in [0.3, 0.4) is 0 Å². The molecule has 0 fully saturated rings. The van der Waals surface area contributed by atoms with Crippen LogP contribution >= 0.6 is 11.6 Å². The summed E-state index contributed by atoms with van der Waals surface area (Å²) in [7, 11) is -3.90. The number of hydrogen-bond acceptors (Lipinski definition) is 4. The van der Waals surface area contributed by atoms with Crippen molar-refractivity contribution < 1.29 is 13.2 Å². The van der Waals surface area contributed by atoms with Crippen molar-refractivity contribution >= 4 is 32.7 Å². The molecule has 0 N–H and O–H groups in total. The molecule has 0 saturated heterocycles. The summed E-state index contributed by atoms with van der Waals surface area (Å²) in [5.41, 5.74) is 1.90. The molecule has 5 nitrogen and oxygen atoms in total. The van der Waals surface area contributed by atoms with Crippen molar-refractivity contribution in [3.05, 3.63) is 52.8 Å². The number of rotatable bonds is 4. The summed E-state index contributed by atoms with van der Waals surface area (Å²) in [6.07, 6.45) is 0. The Labute approximate surface area is 145 Å². The summed E-state index contributed by atoms with van der Waals surface area (Å²) >= 11 is 6.17. The lowest BCUT2D eigenvalue weighted by molar-refractivity contribution is 0.331. The number of aromatic nitrogens is 2. The molecular weight excluding hydrogens is 348 g/mol. The molecule has 24 heavy (non-hydrogen) atoms. The number of fused-ring (bicyclic) bond motifs is 1. The molecule has 0 radical (unpaired) electrons. The summed E-state index contributed by atoms with van der Waals surface area (Å²) in [4.78, 5) is 4.36. The Morgan fingerprint density at radius 2 is 1.92 bits per heavy atom. The van der Waals surface area contributed by atoms with E-state index in [-0.39, 0.29) is 10.6 Å². The topological polar surface area (TPSA) is 61.2 Å². The van der Waals surface area contributed by atoms with E-state index in [1.54, 1.807) is 45.0 Å². The minimum Gasteiger partial charge on any atom is -0.492 e. The number of imidazole rings is 1. The molecule has 0 unspecified atom stereocenters. The third kappa shape index (κ3) is 2.65. The number of para-hydroxylation sites is 2. The van der Waals surface area contributed by atoms with Crippen molar-refractivity contribution in [1.82, 2.24) is 8.96 Å². The molecule has 0 spiro atoms. The van der Waals surface area contributed by atoms with Crippen LogP contribution < -0.4 is 4.74 Å². The number of ether oxygens (including phenoxy) is 1. The Bertz CT molecular complexity index is 1030. The zero-order valence-corrected chi connectivity index (χ0v) is 15.1. The molecule has 0 bridgehead atoms. The summed E-state index contributed by atoms with van der Waals surface area (Å²) in [6, 6.07) is 10.2. The first-order valence-electron chi connectivity index (χ1n) is 7.49. The number of hydrogen-bond donors (Lipinski definition) is 0. The molecule has 0 saturated carbocycles. The molecule has 0 amide bonds. The maximum atomic E-state index is 13.3. The van der Waals surface area contributed by atoms with Crippen LogP contribution in [0.15, 0.2) is 41.3 Å². The van der Waals surface area contributed by atoms with Crippen molar-refractivity contribution in [1.29, 1.82) is 0 Å². The van der Waals surface area contributed by atoms with E-state index in [0.29, 0.717) is 28.5 Å². The molecule has 0 aliphatic heterocycles. The molecule has 7 heteroatoms. The number of halogens is 1. The van der Waals surface area contributed by atoms with Crippen LogP contribution in [0.1, 0.15) is 18.3 Å². The van der Waals surface area contributed by atoms with Crippen molar-refractivity contribution in [2.75, 3.05) is 6.61 Å². The normalized spacial score (nSPS) is 11.8. The standard InChI is InChI=1S/C17H17ClN2O3S/c1-4-23-16-9-11(2)13(18)10-17(16)24(21,22)20-12(3)19-14-7-5-6-8-15(14)20/h5-10H,4H2,1-3H3. The van der Waals surface area contributed by atoms with Crippen molar-refractivity contribution in [3.8, 4) is 5.75 Å². The van der Waals surface area contributed by atoms with Gasteiger partial charge in [0.25, 0.3) is 10.0 Å². The van der Waals surface area contributed by atoms with Crippen molar-refractivity contribution in [2.24, 2.45) is 0 Å². The highest BCUT2D eigenvalue weighted by atomic mass is 35.5. The van der Waals surface area contributed by atoms with Crippen molar-refractivity contribution in [3.63, 3.8) is 0 Å². The van der Waals surface area contributed by atoms with Gasteiger partial charge in [-0.15, -0.1) is 0 Å². The van der Waals surface area contributed by atoms with Gasteiger partial charge in [0.1, 0.15) is 16.5 Å². The van der Waals surface area contributed by atoms with Gasteiger partial charge < -0.3 is 4.74 Å². The van der Waals surface area contributed by atoms with Crippen LogP contribution in [-0.2, 0) is 10.0 Å². The highest BCUT2D eigenvalue weighted by Crippen LogP contribution is 2.33. The second-order valence-corrected chi connectivity index (χ2v) is 7.56. The SMILES string of the molecule is CCOc1cc(C)c(Cl)cc1S(=O)(=O)n1c(C)nc2ccccc21. The molecule has 3 aromatic rings. The van der Waals surface area contributed by atoms with Crippen LogP contribution in [-0.4, -0.2) is 24.0 Å². The molecule has 1 heterocycles. The van der Waals surface area contributed by atoms with Gasteiger partial charge in [0.05, 0.1) is 17.6 Å². The van der Waals surface area contributed by atoms with E-state index in [0.717, 1.165) is 5.56 Å². The van der Waals surface area contributed by atoms with Gasteiger partial charge in [0.2, 0.25) is 0 Å². The second kappa shape index (κ2) is 6.11. The first-order chi connectivity index (χ1) is 11.4. The zero-order valence-electron chi connectivity index (χ0n) is 13.6. The van der Waals surface area contributed by atoms with E-state index in [1.807, 2.05) is 6.07 Å². The molecule has 3 rings (SSSR count). The molecule has 0 atom stereocenters. The minimum absolute atomic E-state index is 0.0335. The van der Waals surface area contributed by atoms with Crippen LogP contribution in [0, 0.1) is 13.8 Å². The van der Waals surface area contributed by atoms with E-state index in [2.05, 4.69) is 4.98 Å². The largest absolute Gasteiger partial charge is 0.492 e. The fraction of sp³-hybridized carbons (Fsp3) is 0.235. The Balaban J connectivity index is 2.32. The summed E-state index contributed by atoms with van der Waals surface area (Å²) < 4.78 is 33.3. The molecule has 0 aliphatic rings. The Kier molecular flexibility index (Phi) is 4.27. The minimum atomic E-state index is -3.90. The highest BCUT2D eigenvalue weighted by molar-refractivity contribution is 7.90. The Morgan fingerprint density at radius 1 is 1.21 bits per heavy atom. The average molecular weight is 365 g/mol. The van der Waals surface area contributed by atoms with Gasteiger partial charge >= 0.3 is 0 Å². The van der Waals surface area contributed by atoms with Gasteiger partial charge in [-0.05, 0) is 50.6 Å². The van der Waals surface area contributed by atoms with E-state index in [1.165, 1.54) is 10.0 Å². The smallest absolute Gasteiger partial charge is 0.273 e. The Hall–Kier alpha value is -2.05. The van der Waals surface area contributed by atoms with E-state index < -0.39 is 10.0 Å². The van der Waals surface area contributed by atoms with Crippen LogP contribution in [0.4, 0.5) is 0 Å². The molecule has 0 aliphatic carbocycles. The van der Waals surface area contributed by atoms with Gasteiger partial charge in [-0.25, -0.2) is 17.4 Å². The van der Waals surface area contributed by atoms with E-state index in [9.17, 15) is 8.42 Å². The fourth-order valence-electron chi connectivity index (χ4n) is 2.63. The van der Waals surface area contributed by atoms with Crippen LogP contribution in [0.25, 0.3) is 11.0 Å². The third-order valence-electron chi connectivity index (χ3n) is 3.72. The van der Waals surface area contributed by atoms with Gasteiger partial charge in [0.15, 0.2) is 0 Å². The lowest BCUT2D eigenvalue weighted by Gasteiger charge is -2.15. The second-order valence-electron chi connectivity index (χ2n) is 5.40. The lowest BCUT2D eigenvalue weighted by atomic mass is 10.2. The molecule has 1 aromatic heterocycles. The van der Waals surface area contributed by atoms with E-state index in [4.69, 9.17) is 16.3 Å². The zero-order chi connectivity index (χ0) is 17.5. The first kappa shape index (κ1) is 16.8. The summed E-state index contributed by atoms with van der Waals surface area (Å²) in [5.74, 6) is 0.673. The van der Waals surface area contributed by atoms with Crippen LogP contribution in [0.2, 0.25) is 5.02 Å². The summed E-state index contributed by atoms with van der Waals surface area (Å²) in [6.45, 7) is 5.62. The predicted octanol–water partition coefficient (Wildman–Crippen LogP) is 3.94. The van der Waals surface area contributed by atoms with Crippen molar-refractivity contribution in [2.45, 2.75) is 25.7 Å². The number of aryl methyl sites for hydroxylation is 2. The maximum Gasteiger partial charge on any atom is 0.273 e. The van der Waals surface area contributed by atoms with Gasteiger partial charge in [-0.3, -0.25) is 0 Å². The lowest BCUT2D eigenvalue weighted by Crippen LogP contribution is -2.16. The van der Waals surface area contributed by atoms with Gasteiger partial charge in [-0.1, -0.05) is 23.7 Å². The Morgan fingerprint density at radius 3 is 2.62 bits per heavy atom. The van der Waals surface area contributed by atoms with Crippen LogP contribution in [0.5, 0.6) is 5.75 Å².